The van der Waals surface area contributed by atoms with Crippen LogP contribution in [0.25, 0.3) is 0 Å². The molecule has 0 aliphatic rings. The van der Waals surface area contributed by atoms with Crippen LogP contribution in [-0.4, -0.2) is 45.9 Å². The Hall–Kier alpha value is -3.88. The van der Waals surface area contributed by atoms with Crippen molar-refractivity contribution in [2.24, 2.45) is 5.73 Å². The topological polar surface area (TPSA) is 131 Å². The zero-order valence-electron chi connectivity index (χ0n) is 25.9. The van der Waals surface area contributed by atoms with Crippen LogP contribution in [0.4, 0.5) is 10.5 Å². The number of anilines is 1. The Kier molecular flexibility index (Phi) is 11.1. The van der Waals surface area contributed by atoms with Crippen LogP contribution in [0.5, 0.6) is 0 Å². The molecule has 0 saturated carbocycles. The lowest BCUT2D eigenvalue weighted by atomic mass is 9.89. The highest BCUT2D eigenvalue weighted by molar-refractivity contribution is 6.00. The summed E-state index contributed by atoms with van der Waals surface area (Å²) in [5, 5.41) is 5.67. The van der Waals surface area contributed by atoms with Gasteiger partial charge in [0.2, 0.25) is 11.8 Å². The summed E-state index contributed by atoms with van der Waals surface area (Å²) in [5.41, 5.74) is 7.80. The van der Waals surface area contributed by atoms with Gasteiger partial charge in [-0.2, -0.15) is 0 Å². The van der Waals surface area contributed by atoms with Crippen molar-refractivity contribution in [1.82, 2.24) is 10.2 Å². The zero-order valence-corrected chi connectivity index (χ0v) is 25.9. The number of nitrogens with two attached hydrogens (primary N) is 1. The molecule has 2 aromatic carbocycles. The normalized spacial score (nSPS) is 13.1. The van der Waals surface area contributed by atoms with Gasteiger partial charge in [0.25, 0.3) is 5.91 Å². The fourth-order valence-electron chi connectivity index (χ4n) is 4.55. The van der Waals surface area contributed by atoms with E-state index in [0.717, 1.165) is 16.7 Å². The summed E-state index contributed by atoms with van der Waals surface area (Å²) in [6.07, 6.45) is -0.492. The molecule has 9 nitrogen and oxygen atoms in total. The molecule has 0 bridgehead atoms. The number of hydrogen-bond donors (Lipinski definition) is 3. The molecule has 0 radical (unpaired) electrons. The van der Waals surface area contributed by atoms with E-state index in [1.54, 1.807) is 20.8 Å². The summed E-state index contributed by atoms with van der Waals surface area (Å²) in [7, 11) is 0. The molecule has 2 atom stereocenters. The van der Waals surface area contributed by atoms with Crippen LogP contribution >= 0.6 is 0 Å². The third-order valence-corrected chi connectivity index (χ3v) is 7.05. The van der Waals surface area contributed by atoms with E-state index in [2.05, 4.69) is 10.6 Å². The standard InChI is InChI=1S/C32H46N4O5/c1-10-32(8,9)36(29(39)25(17-18-26(33)37)35-30(40)41-31(5,6)7)27(23-16-15-20(2)19-22(23)4)28(38)34-24-14-12-11-13-21(24)3/h11-16,19,25,27H,10,17-18H2,1-9H3,(H2,33,37)(H,34,38)(H,35,40). The maximum Gasteiger partial charge on any atom is 0.408 e. The van der Waals surface area contributed by atoms with Crippen LogP contribution in [0.3, 0.4) is 0 Å². The van der Waals surface area contributed by atoms with E-state index < -0.39 is 47.0 Å². The van der Waals surface area contributed by atoms with E-state index in [9.17, 15) is 19.2 Å². The maximum absolute atomic E-state index is 14.5. The molecule has 2 aromatic rings. The van der Waals surface area contributed by atoms with Crippen LogP contribution in [-0.2, 0) is 19.1 Å². The van der Waals surface area contributed by atoms with Crippen LogP contribution in [0, 0.1) is 20.8 Å². The second kappa shape index (κ2) is 13.7. The molecule has 0 saturated heterocycles. The molecule has 0 aliphatic heterocycles. The van der Waals surface area contributed by atoms with Gasteiger partial charge in [-0.1, -0.05) is 48.9 Å². The number of carbonyl (C=O) groups is 4. The third kappa shape index (κ3) is 9.33. The fourth-order valence-corrected chi connectivity index (χ4v) is 4.55. The largest absolute Gasteiger partial charge is 0.444 e. The van der Waals surface area contributed by atoms with Gasteiger partial charge in [-0.25, -0.2) is 4.79 Å². The molecule has 41 heavy (non-hydrogen) atoms. The number of primary amides is 1. The quantitative estimate of drug-likeness (QED) is 0.332. The Morgan fingerprint density at radius 3 is 2.12 bits per heavy atom. The molecule has 224 valence electrons. The van der Waals surface area contributed by atoms with Gasteiger partial charge in [0.1, 0.15) is 17.7 Å². The van der Waals surface area contributed by atoms with Crippen molar-refractivity contribution < 1.29 is 23.9 Å². The van der Waals surface area contributed by atoms with Crippen LogP contribution in [0.1, 0.15) is 89.1 Å². The number of benzene rings is 2. The van der Waals surface area contributed by atoms with Gasteiger partial charge in [0.15, 0.2) is 0 Å². The predicted octanol–water partition coefficient (Wildman–Crippen LogP) is 5.47. The first-order valence-electron chi connectivity index (χ1n) is 14.0. The Morgan fingerprint density at radius 2 is 1.59 bits per heavy atom. The van der Waals surface area contributed by atoms with E-state index >= 15 is 0 Å². The van der Waals surface area contributed by atoms with Gasteiger partial charge in [0.05, 0.1) is 0 Å². The van der Waals surface area contributed by atoms with Crippen molar-refractivity contribution in [3.05, 3.63) is 64.7 Å². The number of alkyl carbamates (subject to hydrolysis) is 1. The highest BCUT2D eigenvalue weighted by Crippen LogP contribution is 2.35. The van der Waals surface area contributed by atoms with Gasteiger partial charge in [-0.05, 0) is 91.0 Å². The van der Waals surface area contributed by atoms with Crippen molar-refractivity contribution in [2.45, 2.75) is 105 Å². The van der Waals surface area contributed by atoms with Gasteiger partial charge in [0, 0.05) is 17.6 Å². The molecule has 0 spiro atoms. The molecule has 0 fully saturated rings. The Morgan fingerprint density at radius 1 is 0.951 bits per heavy atom. The lowest BCUT2D eigenvalue weighted by Crippen LogP contribution is -2.59. The van der Waals surface area contributed by atoms with E-state index in [1.165, 1.54) is 4.90 Å². The van der Waals surface area contributed by atoms with E-state index in [-0.39, 0.29) is 12.8 Å². The van der Waals surface area contributed by atoms with Crippen LogP contribution in [0.2, 0.25) is 0 Å². The summed E-state index contributed by atoms with van der Waals surface area (Å²) in [5.74, 6) is -1.53. The molecule has 2 rings (SSSR count). The molecule has 4 amide bonds. The molecule has 0 aliphatic carbocycles. The number of amides is 4. The monoisotopic (exact) mass is 566 g/mol. The molecular weight excluding hydrogens is 520 g/mol. The lowest BCUT2D eigenvalue weighted by Gasteiger charge is -2.45. The van der Waals surface area contributed by atoms with Crippen molar-refractivity contribution in [2.75, 3.05) is 5.32 Å². The first-order chi connectivity index (χ1) is 19.0. The summed E-state index contributed by atoms with van der Waals surface area (Å²) < 4.78 is 5.42. The number of carbonyl (C=O) groups excluding carboxylic acids is 4. The second-order valence-corrected chi connectivity index (χ2v) is 12.1. The predicted molar refractivity (Wildman–Crippen MR) is 161 cm³/mol. The van der Waals surface area contributed by atoms with Crippen molar-refractivity contribution in [1.29, 1.82) is 0 Å². The minimum absolute atomic E-state index is 0.0529. The number of aryl methyl sites for hydroxylation is 3. The first-order valence-corrected chi connectivity index (χ1v) is 14.0. The SMILES string of the molecule is CCC(C)(C)N(C(=O)C(CCC(N)=O)NC(=O)OC(C)(C)C)C(C(=O)Nc1ccccc1C)c1ccc(C)cc1C. The van der Waals surface area contributed by atoms with Gasteiger partial charge < -0.3 is 26.0 Å². The Bertz CT molecular complexity index is 1260. The summed E-state index contributed by atoms with van der Waals surface area (Å²) in [4.78, 5) is 54.8. The number of ether oxygens (including phenoxy) is 1. The van der Waals surface area contributed by atoms with E-state index in [4.69, 9.17) is 10.5 Å². The third-order valence-electron chi connectivity index (χ3n) is 7.05. The maximum atomic E-state index is 14.5. The molecule has 2 unspecified atom stereocenters. The molecule has 0 heterocycles. The van der Waals surface area contributed by atoms with Crippen molar-refractivity contribution >= 4 is 29.5 Å². The summed E-state index contributed by atoms with van der Waals surface area (Å²) >= 11 is 0. The van der Waals surface area contributed by atoms with Crippen LogP contribution < -0.4 is 16.4 Å². The number of para-hydroxylation sites is 1. The minimum Gasteiger partial charge on any atom is -0.444 e. The number of nitrogens with zero attached hydrogens (tertiary/aromatic N) is 1. The fraction of sp³-hybridized carbons (Fsp3) is 0.500. The van der Waals surface area contributed by atoms with Crippen LogP contribution in [0.15, 0.2) is 42.5 Å². The number of hydrogen-bond acceptors (Lipinski definition) is 5. The van der Waals surface area contributed by atoms with Gasteiger partial charge in [-0.15, -0.1) is 0 Å². The van der Waals surface area contributed by atoms with Crippen molar-refractivity contribution in [3.8, 4) is 0 Å². The first kappa shape index (κ1) is 33.3. The number of nitrogens with one attached hydrogen (secondary N) is 2. The van der Waals surface area contributed by atoms with Gasteiger partial charge in [-0.3, -0.25) is 14.4 Å². The molecular formula is C32H46N4O5. The summed E-state index contributed by atoms with van der Waals surface area (Å²) in [6, 6.07) is 10.9. The Labute approximate surface area is 244 Å². The molecule has 9 heteroatoms. The minimum atomic E-state index is -1.16. The average Bonchev–Trinajstić information content (AvgIpc) is 2.85. The average molecular weight is 567 g/mol. The Balaban J connectivity index is 2.70. The lowest BCUT2D eigenvalue weighted by molar-refractivity contribution is -0.148. The summed E-state index contributed by atoms with van der Waals surface area (Å²) in [6.45, 7) is 16.6. The highest BCUT2D eigenvalue weighted by atomic mass is 16.6. The smallest absolute Gasteiger partial charge is 0.408 e. The van der Waals surface area contributed by atoms with E-state index in [1.807, 2.05) is 84.0 Å². The zero-order chi connectivity index (χ0) is 31.1. The number of rotatable bonds is 11. The molecule has 0 aromatic heterocycles. The van der Waals surface area contributed by atoms with Gasteiger partial charge >= 0.3 is 6.09 Å². The second-order valence-electron chi connectivity index (χ2n) is 12.1. The van der Waals surface area contributed by atoms with Crippen molar-refractivity contribution in [3.63, 3.8) is 0 Å². The van der Waals surface area contributed by atoms with E-state index in [0.29, 0.717) is 17.7 Å². The molecule has 4 N–H and O–H groups in total. The highest BCUT2D eigenvalue weighted by Gasteiger charge is 2.43.